The van der Waals surface area contributed by atoms with Gasteiger partial charge in [0.25, 0.3) is 0 Å². The molecule has 0 spiro atoms. The highest BCUT2D eigenvalue weighted by molar-refractivity contribution is 5.62. The van der Waals surface area contributed by atoms with Gasteiger partial charge in [-0.2, -0.15) is 10.5 Å². The lowest BCUT2D eigenvalue weighted by molar-refractivity contribution is 0.205. The number of ether oxygens (including phenoxy) is 2. The molecular formula is C14H17N3O2. The number of hydrogen-bond donors (Lipinski definition) is 0. The van der Waals surface area contributed by atoms with E-state index in [1.807, 2.05) is 11.0 Å². The van der Waals surface area contributed by atoms with Gasteiger partial charge >= 0.3 is 0 Å². The summed E-state index contributed by atoms with van der Waals surface area (Å²) in [6.45, 7) is 1.72. The lowest BCUT2D eigenvalue weighted by atomic mass is 10.1. The third kappa shape index (κ3) is 4.17. The van der Waals surface area contributed by atoms with Gasteiger partial charge in [0.15, 0.2) is 0 Å². The van der Waals surface area contributed by atoms with Crippen LogP contribution >= 0.6 is 0 Å². The van der Waals surface area contributed by atoms with Crippen LogP contribution in [-0.2, 0) is 4.74 Å². The summed E-state index contributed by atoms with van der Waals surface area (Å²) in [6.07, 6.45) is 0.395. The van der Waals surface area contributed by atoms with Crippen molar-refractivity contribution in [3.05, 3.63) is 23.8 Å². The number of nitrogens with zero attached hydrogens (tertiary/aromatic N) is 3. The first-order valence-corrected chi connectivity index (χ1v) is 5.95. The second kappa shape index (κ2) is 7.97. The minimum atomic E-state index is 0.395. The van der Waals surface area contributed by atoms with Crippen molar-refractivity contribution in [2.75, 3.05) is 38.8 Å². The highest BCUT2D eigenvalue weighted by Gasteiger charge is 2.12. The highest BCUT2D eigenvalue weighted by Crippen LogP contribution is 2.25. The molecule has 5 heteroatoms. The quantitative estimate of drug-likeness (QED) is 0.748. The molecule has 0 aromatic heterocycles. The molecular weight excluding hydrogens is 242 g/mol. The average molecular weight is 259 g/mol. The molecule has 0 aliphatic carbocycles. The molecule has 5 nitrogen and oxygen atoms in total. The summed E-state index contributed by atoms with van der Waals surface area (Å²) < 4.78 is 10.2. The van der Waals surface area contributed by atoms with Crippen LogP contribution in [-0.4, -0.2) is 33.9 Å². The zero-order chi connectivity index (χ0) is 14.1. The molecule has 0 amide bonds. The molecule has 19 heavy (non-hydrogen) atoms. The van der Waals surface area contributed by atoms with Crippen molar-refractivity contribution < 1.29 is 9.47 Å². The summed E-state index contributed by atoms with van der Waals surface area (Å²) >= 11 is 0. The molecule has 1 rings (SSSR count). The van der Waals surface area contributed by atoms with Gasteiger partial charge in [0.05, 0.1) is 37.5 Å². The van der Waals surface area contributed by atoms with Crippen molar-refractivity contribution in [1.29, 1.82) is 10.5 Å². The van der Waals surface area contributed by atoms with E-state index in [1.165, 1.54) is 0 Å². The summed E-state index contributed by atoms with van der Waals surface area (Å²) in [5.41, 5.74) is 1.34. The first-order chi connectivity index (χ1) is 9.26. The van der Waals surface area contributed by atoms with Crippen molar-refractivity contribution in [3.63, 3.8) is 0 Å². The zero-order valence-corrected chi connectivity index (χ0v) is 11.2. The standard InChI is InChI=1S/C14H17N3O2/c1-18-9-8-17(7-3-6-15)14-10-13(19-2)5-4-12(14)11-16/h4-5,10H,3,7-9H2,1-2H3. The van der Waals surface area contributed by atoms with Crippen LogP contribution in [0.4, 0.5) is 5.69 Å². The van der Waals surface area contributed by atoms with Gasteiger partial charge in [0.2, 0.25) is 0 Å². The molecule has 0 radical (unpaired) electrons. The summed E-state index contributed by atoms with van der Waals surface area (Å²) in [4.78, 5) is 1.97. The van der Waals surface area contributed by atoms with Crippen molar-refractivity contribution in [2.24, 2.45) is 0 Å². The zero-order valence-electron chi connectivity index (χ0n) is 11.2. The van der Waals surface area contributed by atoms with Crippen molar-refractivity contribution in [2.45, 2.75) is 6.42 Å². The predicted octanol–water partition coefficient (Wildman–Crippen LogP) is 1.93. The van der Waals surface area contributed by atoms with Gasteiger partial charge in [-0.25, -0.2) is 0 Å². The van der Waals surface area contributed by atoms with Gasteiger partial charge in [-0.1, -0.05) is 0 Å². The SMILES string of the molecule is COCCN(CCC#N)c1cc(OC)ccc1C#N. The van der Waals surface area contributed by atoms with E-state index in [2.05, 4.69) is 12.1 Å². The fourth-order valence-corrected chi connectivity index (χ4v) is 1.73. The first-order valence-electron chi connectivity index (χ1n) is 5.95. The molecule has 0 saturated heterocycles. The maximum Gasteiger partial charge on any atom is 0.121 e. The number of rotatable bonds is 7. The van der Waals surface area contributed by atoms with Crippen molar-refractivity contribution in [1.82, 2.24) is 0 Å². The average Bonchev–Trinajstić information content (AvgIpc) is 2.47. The van der Waals surface area contributed by atoms with Gasteiger partial charge < -0.3 is 14.4 Å². The smallest absolute Gasteiger partial charge is 0.121 e. The van der Waals surface area contributed by atoms with Crippen LogP contribution in [0.3, 0.4) is 0 Å². The van der Waals surface area contributed by atoms with Crippen LogP contribution in [0.15, 0.2) is 18.2 Å². The van der Waals surface area contributed by atoms with E-state index in [-0.39, 0.29) is 0 Å². The topological polar surface area (TPSA) is 69.3 Å². The third-order valence-corrected chi connectivity index (χ3v) is 2.72. The minimum Gasteiger partial charge on any atom is -0.497 e. The Kier molecular flexibility index (Phi) is 6.21. The number of anilines is 1. The van der Waals surface area contributed by atoms with E-state index in [0.717, 1.165) is 5.69 Å². The molecule has 0 bridgehead atoms. The van der Waals surface area contributed by atoms with Crippen molar-refractivity contribution >= 4 is 5.69 Å². The molecule has 0 heterocycles. The molecule has 0 aliphatic rings. The molecule has 0 unspecified atom stereocenters. The Bertz CT molecular complexity index is 488. The van der Waals surface area contributed by atoms with Gasteiger partial charge in [-0.3, -0.25) is 0 Å². The molecule has 0 N–H and O–H groups in total. The van der Waals surface area contributed by atoms with E-state index in [0.29, 0.717) is 37.4 Å². The van der Waals surface area contributed by atoms with E-state index in [4.69, 9.17) is 20.0 Å². The monoisotopic (exact) mass is 259 g/mol. The van der Waals surface area contributed by atoms with Crippen LogP contribution in [0.2, 0.25) is 0 Å². The second-order valence-corrected chi connectivity index (χ2v) is 3.88. The largest absolute Gasteiger partial charge is 0.497 e. The van der Waals surface area contributed by atoms with Crippen LogP contribution < -0.4 is 9.64 Å². The summed E-state index contributed by atoms with van der Waals surface area (Å²) in [5, 5.41) is 17.9. The maximum atomic E-state index is 9.17. The summed E-state index contributed by atoms with van der Waals surface area (Å²) in [5.74, 6) is 0.688. The number of methoxy groups -OCH3 is 2. The number of nitriles is 2. The van der Waals surface area contributed by atoms with Crippen LogP contribution in [0.25, 0.3) is 0 Å². The fraction of sp³-hybridized carbons (Fsp3) is 0.429. The van der Waals surface area contributed by atoms with Crippen LogP contribution in [0.1, 0.15) is 12.0 Å². The molecule has 0 aliphatic heterocycles. The Labute approximate surface area is 113 Å². The predicted molar refractivity (Wildman–Crippen MR) is 72.0 cm³/mol. The Morgan fingerprint density at radius 1 is 1.21 bits per heavy atom. The van der Waals surface area contributed by atoms with Crippen LogP contribution in [0.5, 0.6) is 5.75 Å². The lowest BCUT2D eigenvalue weighted by Gasteiger charge is -2.24. The Hall–Kier alpha value is -2.24. The van der Waals surface area contributed by atoms with Gasteiger partial charge in [0, 0.05) is 26.3 Å². The fourth-order valence-electron chi connectivity index (χ4n) is 1.73. The Balaban J connectivity index is 3.04. The molecule has 100 valence electrons. The molecule has 1 aromatic rings. The van der Waals surface area contributed by atoms with E-state index in [9.17, 15) is 0 Å². The van der Waals surface area contributed by atoms with E-state index < -0.39 is 0 Å². The molecule has 1 aromatic carbocycles. The maximum absolute atomic E-state index is 9.17. The van der Waals surface area contributed by atoms with Gasteiger partial charge in [-0.15, -0.1) is 0 Å². The summed E-state index contributed by atoms with van der Waals surface area (Å²) in [7, 11) is 3.21. The first kappa shape index (κ1) is 14.8. The normalized spacial score (nSPS) is 9.47. The Morgan fingerprint density at radius 3 is 2.58 bits per heavy atom. The summed E-state index contributed by atoms with van der Waals surface area (Å²) in [6, 6.07) is 9.56. The number of benzene rings is 1. The molecule has 0 atom stereocenters. The van der Waals surface area contributed by atoms with E-state index in [1.54, 1.807) is 26.4 Å². The van der Waals surface area contributed by atoms with Gasteiger partial charge in [-0.05, 0) is 12.1 Å². The second-order valence-electron chi connectivity index (χ2n) is 3.88. The minimum absolute atomic E-state index is 0.395. The number of hydrogen-bond acceptors (Lipinski definition) is 5. The van der Waals surface area contributed by atoms with E-state index >= 15 is 0 Å². The lowest BCUT2D eigenvalue weighted by Crippen LogP contribution is -2.28. The third-order valence-electron chi connectivity index (χ3n) is 2.72. The molecule has 0 fully saturated rings. The van der Waals surface area contributed by atoms with Gasteiger partial charge in [0.1, 0.15) is 11.8 Å². The molecule has 0 saturated carbocycles. The van der Waals surface area contributed by atoms with Crippen molar-refractivity contribution in [3.8, 4) is 17.9 Å². The van der Waals surface area contributed by atoms with Crippen LogP contribution in [0, 0.1) is 22.7 Å². The Morgan fingerprint density at radius 2 is 2.00 bits per heavy atom. The highest BCUT2D eigenvalue weighted by atomic mass is 16.5.